The predicted octanol–water partition coefficient (Wildman–Crippen LogP) is 1.72. The smallest absolute Gasteiger partial charge is 0.258 e. The van der Waals surface area contributed by atoms with E-state index in [-0.39, 0.29) is 18.6 Å². The molecule has 0 fully saturated rings. The van der Waals surface area contributed by atoms with Crippen molar-refractivity contribution in [1.29, 1.82) is 0 Å². The van der Waals surface area contributed by atoms with Crippen LogP contribution in [0.1, 0.15) is 25.8 Å². The lowest BCUT2D eigenvalue weighted by Gasteiger charge is -2.14. The normalized spacial score (nSPS) is 12.0. The Hall–Kier alpha value is -1.59. The second kappa shape index (κ2) is 10.2. The Balaban J connectivity index is 2.45. The molecule has 0 bridgehead atoms. The number of ether oxygens (including phenoxy) is 2. The summed E-state index contributed by atoms with van der Waals surface area (Å²) in [6, 6.07) is 7.90. The van der Waals surface area contributed by atoms with Crippen LogP contribution in [0.4, 0.5) is 0 Å². The molecule has 0 aliphatic carbocycles. The fourth-order valence-electron chi connectivity index (χ4n) is 1.75. The van der Waals surface area contributed by atoms with E-state index in [2.05, 4.69) is 10.6 Å². The molecule has 1 amide bonds. The topological polar surface area (TPSA) is 59.6 Å². The summed E-state index contributed by atoms with van der Waals surface area (Å²) in [6.07, 6.45) is 0.908. The lowest BCUT2D eigenvalue weighted by atomic mass is 10.2. The highest BCUT2D eigenvalue weighted by Crippen LogP contribution is 2.17. The Labute approximate surface area is 127 Å². The summed E-state index contributed by atoms with van der Waals surface area (Å²) >= 11 is 0. The molecule has 0 saturated heterocycles. The number of nitrogens with one attached hydrogen (secondary N) is 2. The van der Waals surface area contributed by atoms with Crippen LogP contribution < -0.4 is 15.4 Å². The Bertz CT molecular complexity index is 424. The highest BCUT2D eigenvalue weighted by molar-refractivity contribution is 5.77. The minimum absolute atomic E-state index is 0.0411. The van der Waals surface area contributed by atoms with Gasteiger partial charge in [0, 0.05) is 31.8 Å². The zero-order valence-corrected chi connectivity index (χ0v) is 13.1. The standard InChI is InChI=1S/C16H26N2O3/c1-4-13(2)18-16(19)12-21-15-8-6-5-7-14(15)11-17-9-10-20-3/h5-8,13,17H,4,9-12H2,1-3H3,(H,18,19). The molecular formula is C16H26N2O3. The molecule has 0 spiro atoms. The second-order valence-electron chi connectivity index (χ2n) is 4.94. The van der Waals surface area contributed by atoms with Gasteiger partial charge in [0.1, 0.15) is 5.75 Å². The van der Waals surface area contributed by atoms with Gasteiger partial charge in [0.15, 0.2) is 6.61 Å². The molecule has 0 heterocycles. The van der Waals surface area contributed by atoms with E-state index in [4.69, 9.17) is 9.47 Å². The molecule has 1 aromatic carbocycles. The van der Waals surface area contributed by atoms with E-state index in [1.54, 1.807) is 7.11 Å². The van der Waals surface area contributed by atoms with Crippen molar-refractivity contribution in [1.82, 2.24) is 10.6 Å². The largest absolute Gasteiger partial charge is 0.483 e. The lowest BCUT2D eigenvalue weighted by molar-refractivity contribution is -0.123. The van der Waals surface area contributed by atoms with Gasteiger partial charge in [0.25, 0.3) is 5.91 Å². The Morgan fingerprint density at radius 1 is 1.33 bits per heavy atom. The van der Waals surface area contributed by atoms with Crippen molar-refractivity contribution >= 4 is 5.91 Å². The number of benzene rings is 1. The molecule has 118 valence electrons. The molecule has 5 heteroatoms. The Morgan fingerprint density at radius 2 is 2.10 bits per heavy atom. The number of methoxy groups -OCH3 is 1. The summed E-state index contributed by atoms with van der Waals surface area (Å²) in [5.41, 5.74) is 1.03. The maximum Gasteiger partial charge on any atom is 0.258 e. The quantitative estimate of drug-likeness (QED) is 0.645. The number of hydrogen-bond acceptors (Lipinski definition) is 4. The van der Waals surface area contributed by atoms with Crippen LogP contribution >= 0.6 is 0 Å². The maximum atomic E-state index is 11.7. The Kier molecular flexibility index (Phi) is 8.47. The summed E-state index contributed by atoms with van der Waals surface area (Å²) in [4.78, 5) is 11.7. The number of hydrogen-bond donors (Lipinski definition) is 2. The van der Waals surface area contributed by atoms with Crippen LogP contribution in [0, 0.1) is 0 Å². The van der Waals surface area contributed by atoms with Gasteiger partial charge in [-0.25, -0.2) is 0 Å². The first-order valence-corrected chi connectivity index (χ1v) is 7.37. The van der Waals surface area contributed by atoms with Crippen LogP contribution in [0.3, 0.4) is 0 Å². The van der Waals surface area contributed by atoms with Gasteiger partial charge in [-0.1, -0.05) is 25.1 Å². The van der Waals surface area contributed by atoms with E-state index in [9.17, 15) is 4.79 Å². The van der Waals surface area contributed by atoms with E-state index in [0.717, 1.165) is 24.3 Å². The SMILES string of the molecule is CCC(C)NC(=O)COc1ccccc1CNCCOC. The lowest BCUT2D eigenvalue weighted by Crippen LogP contribution is -2.35. The predicted molar refractivity (Wildman–Crippen MR) is 83.4 cm³/mol. The highest BCUT2D eigenvalue weighted by atomic mass is 16.5. The molecule has 0 aromatic heterocycles. The first kappa shape index (κ1) is 17.5. The van der Waals surface area contributed by atoms with E-state index >= 15 is 0 Å². The molecular weight excluding hydrogens is 268 g/mol. The van der Waals surface area contributed by atoms with Gasteiger partial charge in [-0.05, 0) is 19.4 Å². The third-order valence-corrected chi connectivity index (χ3v) is 3.15. The van der Waals surface area contributed by atoms with Crippen molar-refractivity contribution in [2.75, 3.05) is 26.9 Å². The molecule has 0 saturated carbocycles. The molecule has 21 heavy (non-hydrogen) atoms. The summed E-state index contributed by atoms with van der Waals surface area (Å²) in [6.45, 7) is 6.18. The van der Waals surface area contributed by atoms with Gasteiger partial charge in [0.2, 0.25) is 0 Å². The second-order valence-corrected chi connectivity index (χ2v) is 4.94. The summed E-state index contributed by atoms with van der Waals surface area (Å²) in [5.74, 6) is 0.646. The minimum atomic E-state index is -0.0912. The molecule has 5 nitrogen and oxygen atoms in total. The fraction of sp³-hybridized carbons (Fsp3) is 0.562. The van der Waals surface area contributed by atoms with Crippen LogP contribution in [0.15, 0.2) is 24.3 Å². The number of rotatable bonds is 10. The zero-order valence-electron chi connectivity index (χ0n) is 13.1. The van der Waals surface area contributed by atoms with Gasteiger partial charge in [-0.3, -0.25) is 4.79 Å². The third-order valence-electron chi connectivity index (χ3n) is 3.15. The average Bonchev–Trinajstić information content (AvgIpc) is 2.50. The van der Waals surface area contributed by atoms with Crippen LogP contribution in [0.5, 0.6) is 5.75 Å². The fourth-order valence-corrected chi connectivity index (χ4v) is 1.75. The van der Waals surface area contributed by atoms with E-state index in [1.165, 1.54) is 0 Å². The number of carbonyl (C=O) groups is 1. The number of amides is 1. The van der Waals surface area contributed by atoms with Crippen molar-refractivity contribution in [3.63, 3.8) is 0 Å². The molecule has 1 atom stereocenters. The van der Waals surface area contributed by atoms with E-state index < -0.39 is 0 Å². The summed E-state index contributed by atoms with van der Waals surface area (Å²) < 4.78 is 10.6. The van der Waals surface area contributed by atoms with Gasteiger partial charge >= 0.3 is 0 Å². The van der Waals surface area contributed by atoms with Crippen molar-refractivity contribution < 1.29 is 14.3 Å². The number of carbonyl (C=O) groups excluding carboxylic acids is 1. The zero-order chi connectivity index (χ0) is 15.5. The van der Waals surface area contributed by atoms with Gasteiger partial charge in [-0.15, -0.1) is 0 Å². The van der Waals surface area contributed by atoms with Crippen LogP contribution in [-0.4, -0.2) is 38.8 Å². The molecule has 0 radical (unpaired) electrons. The summed E-state index contributed by atoms with van der Waals surface area (Å²) in [5, 5.41) is 6.15. The average molecular weight is 294 g/mol. The summed E-state index contributed by atoms with van der Waals surface area (Å²) in [7, 11) is 1.68. The first-order valence-electron chi connectivity index (χ1n) is 7.37. The minimum Gasteiger partial charge on any atom is -0.483 e. The van der Waals surface area contributed by atoms with Crippen LogP contribution in [-0.2, 0) is 16.1 Å². The van der Waals surface area contributed by atoms with Gasteiger partial charge in [0.05, 0.1) is 6.61 Å². The monoisotopic (exact) mass is 294 g/mol. The number of para-hydroxylation sites is 1. The molecule has 1 rings (SSSR count). The van der Waals surface area contributed by atoms with Crippen LogP contribution in [0.2, 0.25) is 0 Å². The molecule has 1 aromatic rings. The van der Waals surface area contributed by atoms with Crippen LogP contribution in [0.25, 0.3) is 0 Å². The Morgan fingerprint density at radius 3 is 2.81 bits per heavy atom. The van der Waals surface area contributed by atoms with Gasteiger partial charge in [-0.2, -0.15) is 0 Å². The molecule has 2 N–H and O–H groups in total. The van der Waals surface area contributed by atoms with E-state index in [1.807, 2.05) is 38.1 Å². The molecule has 1 unspecified atom stereocenters. The first-order chi connectivity index (χ1) is 10.2. The molecule has 0 aliphatic rings. The van der Waals surface area contributed by atoms with Crippen molar-refractivity contribution in [2.24, 2.45) is 0 Å². The van der Waals surface area contributed by atoms with Crippen molar-refractivity contribution in [2.45, 2.75) is 32.9 Å². The highest BCUT2D eigenvalue weighted by Gasteiger charge is 2.08. The van der Waals surface area contributed by atoms with Gasteiger partial charge < -0.3 is 20.1 Å². The van der Waals surface area contributed by atoms with Crippen molar-refractivity contribution in [3.8, 4) is 5.75 Å². The molecule has 0 aliphatic heterocycles. The third kappa shape index (κ3) is 7.11. The van der Waals surface area contributed by atoms with Crippen molar-refractivity contribution in [3.05, 3.63) is 29.8 Å². The van der Waals surface area contributed by atoms with E-state index in [0.29, 0.717) is 13.2 Å². The maximum absolute atomic E-state index is 11.7.